The predicted octanol–water partition coefficient (Wildman–Crippen LogP) is 3.05. The van der Waals surface area contributed by atoms with Gasteiger partial charge in [-0.2, -0.15) is 9.30 Å². The molecule has 8 heteroatoms. The lowest BCUT2D eigenvalue weighted by Gasteiger charge is -2.24. The Bertz CT molecular complexity index is 635. The number of hydrogen-bond donors (Lipinski definition) is 0. The first-order chi connectivity index (χ1) is 9.46. The van der Waals surface area contributed by atoms with E-state index in [1.165, 1.54) is 21.7 Å². The summed E-state index contributed by atoms with van der Waals surface area (Å²) in [4.78, 5) is 15.3. The Morgan fingerprint density at radius 1 is 1.45 bits per heavy atom. The van der Waals surface area contributed by atoms with Crippen LogP contribution in [0.5, 0.6) is 0 Å². The molecule has 1 atom stereocenters. The molecule has 2 heterocycles. The van der Waals surface area contributed by atoms with Crippen molar-refractivity contribution in [2.45, 2.75) is 43.7 Å². The van der Waals surface area contributed by atoms with Crippen LogP contribution in [0.2, 0.25) is 0 Å². The fourth-order valence-corrected chi connectivity index (χ4v) is 6.33. The number of halogens is 1. The molecule has 0 saturated carbocycles. The summed E-state index contributed by atoms with van der Waals surface area (Å²) in [5.41, 5.74) is 0. The maximum absolute atomic E-state index is 12.8. The maximum atomic E-state index is 12.8. The van der Waals surface area contributed by atoms with E-state index < -0.39 is 16.2 Å². The van der Waals surface area contributed by atoms with Crippen LogP contribution in [0.25, 0.3) is 0 Å². The Morgan fingerprint density at radius 3 is 2.80 bits per heavy atom. The average molecular weight is 379 g/mol. The highest BCUT2D eigenvalue weighted by Crippen LogP contribution is 2.33. The van der Waals surface area contributed by atoms with Gasteiger partial charge in [0.1, 0.15) is 6.17 Å². The van der Waals surface area contributed by atoms with Gasteiger partial charge in [-0.05, 0) is 48.2 Å². The van der Waals surface area contributed by atoms with Crippen molar-refractivity contribution < 1.29 is 13.2 Å². The van der Waals surface area contributed by atoms with E-state index in [0.717, 1.165) is 27.9 Å². The molecule has 0 bridgehead atoms. The third-order valence-electron chi connectivity index (χ3n) is 3.30. The Balaban J connectivity index is 2.44. The summed E-state index contributed by atoms with van der Waals surface area (Å²) in [6.07, 6.45) is 4.05. The molecule has 1 fully saturated rings. The van der Waals surface area contributed by atoms with E-state index in [-0.39, 0.29) is 0 Å². The minimum absolute atomic E-state index is 0.294. The highest BCUT2D eigenvalue weighted by atomic mass is 79.9. The summed E-state index contributed by atoms with van der Waals surface area (Å²) in [6, 6.07) is 1.61. The number of isocyanates is 1. The van der Waals surface area contributed by atoms with Crippen LogP contribution >= 0.6 is 27.3 Å². The lowest BCUT2D eigenvalue weighted by atomic mass is 10.2. The molecule has 5 nitrogen and oxygen atoms in total. The van der Waals surface area contributed by atoms with Crippen LogP contribution in [0.3, 0.4) is 0 Å². The fourth-order valence-electron chi connectivity index (χ4n) is 2.35. The Hall–Kier alpha value is -0.530. The van der Waals surface area contributed by atoms with E-state index in [4.69, 9.17) is 0 Å². The van der Waals surface area contributed by atoms with Crippen molar-refractivity contribution in [2.75, 3.05) is 6.54 Å². The largest absolute Gasteiger partial charge is 0.246 e. The second-order valence-electron chi connectivity index (χ2n) is 4.64. The SMILES string of the molecule is Cc1sc(Br)cc1S(=O)(=O)N1CCCCCC1N=C=O. The zero-order chi connectivity index (χ0) is 14.8. The molecule has 0 radical (unpaired) electrons. The Labute approximate surface area is 130 Å². The third kappa shape index (κ3) is 3.20. The fraction of sp³-hybridized carbons (Fsp3) is 0.583. The van der Waals surface area contributed by atoms with Gasteiger partial charge in [0, 0.05) is 11.4 Å². The first kappa shape index (κ1) is 15.9. The first-order valence-electron chi connectivity index (χ1n) is 6.31. The van der Waals surface area contributed by atoms with E-state index in [9.17, 15) is 13.2 Å². The van der Waals surface area contributed by atoms with Crippen LogP contribution in [-0.2, 0) is 14.8 Å². The van der Waals surface area contributed by atoms with Crippen LogP contribution in [-0.4, -0.2) is 31.5 Å². The normalized spacial score (nSPS) is 21.2. The van der Waals surface area contributed by atoms with Gasteiger partial charge in [0.25, 0.3) is 0 Å². The van der Waals surface area contributed by atoms with Gasteiger partial charge in [0.15, 0.2) is 0 Å². The van der Waals surface area contributed by atoms with Crippen molar-refractivity contribution in [2.24, 2.45) is 4.99 Å². The minimum atomic E-state index is -3.63. The lowest BCUT2D eigenvalue weighted by molar-refractivity contribution is 0.330. The quantitative estimate of drug-likeness (QED) is 0.599. The van der Waals surface area contributed by atoms with Crippen molar-refractivity contribution in [3.05, 3.63) is 14.7 Å². The van der Waals surface area contributed by atoms with Gasteiger partial charge in [0.05, 0.1) is 8.68 Å². The van der Waals surface area contributed by atoms with E-state index in [0.29, 0.717) is 17.9 Å². The molecule has 110 valence electrons. The molecular formula is C12H15BrN2O3S2. The summed E-state index contributed by atoms with van der Waals surface area (Å²) in [6.45, 7) is 2.17. The monoisotopic (exact) mass is 378 g/mol. The van der Waals surface area contributed by atoms with Crippen molar-refractivity contribution in [3.8, 4) is 0 Å². The maximum Gasteiger partial charge on any atom is 0.246 e. The number of rotatable bonds is 3. The van der Waals surface area contributed by atoms with Gasteiger partial charge in [-0.25, -0.2) is 13.2 Å². The molecule has 0 aliphatic carbocycles. The molecule has 0 amide bonds. The molecular weight excluding hydrogens is 364 g/mol. The van der Waals surface area contributed by atoms with Gasteiger partial charge in [0.2, 0.25) is 16.1 Å². The molecule has 1 saturated heterocycles. The summed E-state index contributed by atoms with van der Waals surface area (Å²) < 4.78 is 27.7. The number of aliphatic imine (C=N–C) groups is 1. The highest BCUT2D eigenvalue weighted by Gasteiger charge is 2.34. The van der Waals surface area contributed by atoms with Crippen molar-refractivity contribution in [3.63, 3.8) is 0 Å². The summed E-state index contributed by atoms with van der Waals surface area (Å²) >= 11 is 4.69. The zero-order valence-corrected chi connectivity index (χ0v) is 14.2. The minimum Gasteiger partial charge on any atom is -0.211 e. The predicted molar refractivity (Wildman–Crippen MR) is 81.0 cm³/mol. The Kier molecular flexibility index (Phi) is 5.14. The van der Waals surface area contributed by atoms with Crippen LogP contribution < -0.4 is 0 Å². The smallest absolute Gasteiger partial charge is 0.211 e. The molecule has 1 aliphatic heterocycles. The Morgan fingerprint density at radius 2 is 2.20 bits per heavy atom. The second kappa shape index (κ2) is 6.49. The average Bonchev–Trinajstić information content (AvgIpc) is 2.61. The second-order valence-corrected chi connectivity index (χ2v) is 9.13. The van der Waals surface area contributed by atoms with Crippen molar-refractivity contribution in [1.29, 1.82) is 0 Å². The van der Waals surface area contributed by atoms with E-state index in [1.807, 2.05) is 0 Å². The van der Waals surface area contributed by atoms with E-state index >= 15 is 0 Å². The molecule has 1 unspecified atom stereocenters. The summed E-state index contributed by atoms with van der Waals surface area (Å²) in [5, 5.41) is 0. The molecule has 1 aliphatic rings. The number of nitrogens with zero attached hydrogens (tertiary/aromatic N) is 2. The van der Waals surface area contributed by atoms with Crippen LogP contribution in [0, 0.1) is 6.92 Å². The van der Waals surface area contributed by atoms with Crippen LogP contribution in [0.4, 0.5) is 0 Å². The number of sulfonamides is 1. The molecule has 2 rings (SSSR count). The van der Waals surface area contributed by atoms with Crippen molar-refractivity contribution >= 4 is 43.4 Å². The van der Waals surface area contributed by atoms with Crippen LogP contribution in [0.1, 0.15) is 30.6 Å². The number of aryl methyl sites for hydroxylation is 1. The number of carbonyl (C=O) groups excluding carboxylic acids is 1. The molecule has 1 aromatic heterocycles. The van der Waals surface area contributed by atoms with Gasteiger partial charge in [-0.15, -0.1) is 11.3 Å². The number of thiophene rings is 1. The lowest BCUT2D eigenvalue weighted by Crippen LogP contribution is -2.39. The molecule has 1 aromatic rings. The van der Waals surface area contributed by atoms with E-state index in [1.54, 1.807) is 13.0 Å². The standard InChI is InChI=1S/C12H15BrN2O3S2/c1-9-10(7-11(13)19-9)20(17,18)15-6-4-2-3-5-12(15)14-8-16/h7,12H,2-6H2,1H3. The topological polar surface area (TPSA) is 66.8 Å². The van der Waals surface area contributed by atoms with Gasteiger partial charge in [-0.3, -0.25) is 0 Å². The third-order valence-corrected chi connectivity index (χ3v) is 7.01. The van der Waals surface area contributed by atoms with Crippen molar-refractivity contribution in [1.82, 2.24) is 4.31 Å². The number of hydrogen-bond acceptors (Lipinski definition) is 5. The molecule has 0 aromatic carbocycles. The molecule has 0 spiro atoms. The van der Waals surface area contributed by atoms with Gasteiger partial charge in [-0.1, -0.05) is 6.42 Å². The van der Waals surface area contributed by atoms with E-state index in [2.05, 4.69) is 20.9 Å². The molecule has 0 N–H and O–H groups in total. The molecule has 20 heavy (non-hydrogen) atoms. The summed E-state index contributed by atoms with van der Waals surface area (Å²) in [7, 11) is -3.63. The van der Waals surface area contributed by atoms with Crippen LogP contribution in [0.15, 0.2) is 19.7 Å². The zero-order valence-electron chi connectivity index (χ0n) is 11.0. The van der Waals surface area contributed by atoms with Gasteiger partial charge < -0.3 is 0 Å². The first-order valence-corrected chi connectivity index (χ1v) is 9.36. The highest BCUT2D eigenvalue weighted by molar-refractivity contribution is 9.11. The van der Waals surface area contributed by atoms with Gasteiger partial charge >= 0.3 is 0 Å². The summed E-state index contributed by atoms with van der Waals surface area (Å²) in [5.74, 6) is 0.